The molecule has 0 aromatic heterocycles. The zero-order valence-electron chi connectivity index (χ0n) is 5.31. The first-order valence-electron chi connectivity index (χ1n) is 2.97. The highest BCUT2D eigenvalue weighted by atomic mass is 28.3. The highest BCUT2D eigenvalue weighted by Gasteiger charge is 1.92. The topological polar surface area (TPSA) is 43.1 Å². The van der Waals surface area contributed by atoms with Crippen molar-refractivity contribution >= 4 is 8.68 Å². The smallest absolute Gasteiger partial charge is 0.273 e. The summed E-state index contributed by atoms with van der Waals surface area (Å²) in [4.78, 5) is 0. The van der Waals surface area contributed by atoms with Gasteiger partial charge in [-0.3, -0.25) is 0 Å². The maximum Gasteiger partial charge on any atom is 0.273 e. The average molecular weight is 131 g/mol. The molecule has 0 aromatic rings. The Morgan fingerprint density at radius 1 is 1.50 bits per heavy atom. The highest BCUT2D eigenvalue weighted by Crippen LogP contribution is 1.93. The Labute approximate surface area is 51.7 Å². The molecule has 0 aliphatic heterocycles. The molecule has 0 spiro atoms. The van der Waals surface area contributed by atoms with E-state index in [0.29, 0.717) is 0 Å². The SMILES string of the molecule is C[Si](=O)CCCCN. The van der Waals surface area contributed by atoms with Crippen molar-refractivity contribution in [2.45, 2.75) is 25.4 Å². The highest BCUT2D eigenvalue weighted by molar-refractivity contribution is 6.40. The third-order valence-electron chi connectivity index (χ3n) is 0.983. The molecular weight excluding hydrogens is 118 g/mol. The van der Waals surface area contributed by atoms with E-state index in [1.807, 2.05) is 0 Å². The number of hydrogen-bond donors (Lipinski definition) is 1. The number of nitrogens with two attached hydrogens (primary N) is 1. The van der Waals surface area contributed by atoms with Gasteiger partial charge in [-0.15, -0.1) is 0 Å². The second-order valence-electron chi connectivity index (χ2n) is 1.95. The molecule has 0 rings (SSSR count). The molecule has 0 unspecified atom stereocenters. The summed E-state index contributed by atoms with van der Waals surface area (Å²) in [5.41, 5.74) is 5.22. The summed E-state index contributed by atoms with van der Waals surface area (Å²) >= 11 is 0. The minimum absolute atomic E-state index is 0.731. The lowest BCUT2D eigenvalue weighted by atomic mass is 10.3. The van der Waals surface area contributed by atoms with Gasteiger partial charge in [0.05, 0.1) is 0 Å². The molecule has 0 heterocycles. The summed E-state index contributed by atoms with van der Waals surface area (Å²) in [6, 6.07) is 0.877. The fourth-order valence-corrected chi connectivity index (χ4v) is 1.27. The van der Waals surface area contributed by atoms with Gasteiger partial charge < -0.3 is 10.2 Å². The second kappa shape index (κ2) is 5.12. The number of unbranched alkanes of at least 4 members (excludes halogenated alkanes) is 1. The van der Waals surface area contributed by atoms with Crippen molar-refractivity contribution in [2.24, 2.45) is 5.73 Å². The van der Waals surface area contributed by atoms with Crippen molar-refractivity contribution in [1.82, 2.24) is 0 Å². The van der Waals surface area contributed by atoms with Crippen LogP contribution in [0.25, 0.3) is 0 Å². The van der Waals surface area contributed by atoms with Crippen LogP contribution in [0.3, 0.4) is 0 Å². The molecule has 2 nitrogen and oxygen atoms in total. The van der Waals surface area contributed by atoms with Gasteiger partial charge in [0.25, 0.3) is 8.68 Å². The molecule has 0 radical (unpaired) electrons. The van der Waals surface area contributed by atoms with Gasteiger partial charge in [0.1, 0.15) is 0 Å². The van der Waals surface area contributed by atoms with Crippen LogP contribution >= 0.6 is 0 Å². The molecule has 0 saturated carbocycles. The van der Waals surface area contributed by atoms with Crippen molar-refractivity contribution in [3.8, 4) is 0 Å². The molecule has 3 heteroatoms. The maximum atomic E-state index is 10.5. The van der Waals surface area contributed by atoms with Gasteiger partial charge in [-0.2, -0.15) is 0 Å². The fourth-order valence-electron chi connectivity index (χ4n) is 0.518. The molecule has 0 fully saturated rings. The van der Waals surface area contributed by atoms with Crippen LogP contribution < -0.4 is 5.73 Å². The molecule has 2 N–H and O–H groups in total. The van der Waals surface area contributed by atoms with E-state index in [-0.39, 0.29) is 0 Å². The van der Waals surface area contributed by atoms with Crippen LogP contribution in [-0.4, -0.2) is 15.2 Å². The minimum atomic E-state index is -1.21. The van der Waals surface area contributed by atoms with Crippen LogP contribution in [0.2, 0.25) is 12.6 Å². The summed E-state index contributed by atoms with van der Waals surface area (Å²) in [5, 5.41) is 0. The predicted octanol–water partition coefficient (Wildman–Crippen LogP) is 0.777. The van der Waals surface area contributed by atoms with Crippen LogP contribution in [0.4, 0.5) is 0 Å². The van der Waals surface area contributed by atoms with E-state index in [4.69, 9.17) is 5.73 Å². The lowest BCUT2D eigenvalue weighted by Crippen LogP contribution is -1.99. The zero-order chi connectivity index (χ0) is 6.41. The molecule has 48 valence electrons. The van der Waals surface area contributed by atoms with Gasteiger partial charge in [-0.25, -0.2) is 0 Å². The molecule has 0 aliphatic carbocycles. The predicted molar refractivity (Wildman–Crippen MR) is 35.4 cm³/mol. The van der Waals surface area contributed by atoms with Gasteiger partial charge >= 0.3 is 0 Å². The maximum absolute atomic E-state index is 10.5. The molecular formula is C5H13NOSi. The molecule has 0 saturated heterocycles. The first kappa shape index (κ1) is 7.98. The standard InChI is InChI=1S/C5H13NOSi/c1-8(7)5-3-2-4-6/h2-6H2,1H3. The third kappa shape index (κ3) is 5.98. The second-order valence-corrected chi connectivity index (χ2v) is 3.85. The summed E-state index contributed by atoms with van der Waals surface area (Å²) < 4.78 is 10.5. The van der Waals surface area contributed by atoms with Crippen molar-refractivity contribution in [1.29, 1.82) is 0 Å². The Kier molecular flexibility index (Phi) is 5.11. The molecule has 0 atom stereocenters. The average Bonchev–Trinajstić information content (AvgIpc) is 1.66. The summed E-state index contributed by atoms with van der Waals surface area (Å²) in [6.45, 7) is 2.52. The van der Waals surface area contributed by atoms with Gasteiger partial charge in [-0.05, 0) is 32.0 Å². The molecule has 0 aromatic carbocycles. The third-order valence-corrected chi connectivity index (χ3v) is 2.04. The summed E-state index contributed by atoms with van der Waals surface area (Å²) in [5.74, 6) is 0. The minimum Gasteiger partial charge on any atom is -0.389 e. The van der Waals surface area contributed by atoms with Crippen molar-refractivity contribution in [3.05, 3.63) is 0 Å². The quantitative estimate of drug-likeness (QED) is 0.452. The van der Waals surface area contributed by atoms with Crippen molar-refractivity contribution in [2.75, 3.05) is 6.54 Å². The van der Waals surface area contributed by atoms with Crippen LogP contribution in [-0.2, 0) is 4.46 Å². The Bertz CT molecular complexity index is 74.8. The first-order chi connectivity index (χ1) is 3.77. The van der Waals surface area contributed by atoms with E-state index in [1.54, 1.807) is 6.55 Å². The molecule has 0 bridgehead atoms. The number of rotatable bonds is 4. The van der Waals surface area contributed by atoms with E-state index in [1.165, 1.54) is 0 Å². The number of hydrogen-bond acceptors (Lipinski definition) is 2. The van der Waals surface area contributed by atoms with Gasteiger partial charge in [-0.1, -0.05) is 0 Å². The van der Waals surface area contributed by atoms with Gasteiger partial charge in [0, 0.05) is 0 Å². The van der Waals surface area contributed by atoms with Crippen molar-refractivity contribution in [3.63, 3.8) is 0 Å². The Hall–Kier alpha value is -0.0231. The molecule has 0 amide bonds. The lowest BCUT2D eigenvalue weighted by Gasteiger charge is -1.89. The van der Waals surface area contributed by atoms with Crippen LogP contribution in [0.1, 0.15) is 12.8 Å². The fraction of sp³-hybridized carbons (Fsp3) is 1.00. The zero-order valence-corrected chi connectivity index (χ0v) is 6.31. The monoisotopic (exact) mass is 131 g/mol. The molecule has 8 heavy (non-hydrogen) atoms. The molecule has 0 aliphatic rings. The Morgan fingerprint density at radius 2 is 2.12 bits per heavy atom. The van der Waals surface area contributed by atoms with Gasteiger partial charge in [0.2, 0.25) is 0 Å². The summed E-state index contributed by atoms with van der Waals surface area (Å²) in [6.07, 6.45) is 2.05. The van der Waals surface area contributed by atoms with Crippen LogP contribution in [0.15, 0.2) is 0 Å². The largest absolute Gasteiger partial charge is 0.389 e. The van der Waals surface area contributed by atoms with E-state index in [2.05, 4.69) is 0 Å². The Balaban J connectivity index is 2.82. The Morgan fingerprint density at radius 3 is 2.50 bits per heavy atom. The van der Waals surface area contributed by atoms with Crippen LogP contribution in [0.5, 0.6) is 0 Å². The van der Waals surface area contributed by atoms with Crippen molar-refractivity contribution < 1.29 is 4.46 Å². The van der Waals surface area contributed by atoms with Crippen LogP contribution in [0, 0.1) is 0 Å². The van der Waals surface area contributed by atoms with E-state index in [0.717, 1.165) is 25.4 Å². The summed E-state index contributed by atoms with van der Waals surface area (Å²) in [7, 11) is -1.21. The van der Waals surface area contributed by atoms with Gasteiger partial charge in [0.15, 0.2) is 0 Å². The van der Waals surface area contributed by atoms with E-state index in [9.17, 15) is 4.46 Å². The lowest BCUT2D eigenvalue weighted by molar-refractivity contribution is 0.560. The normalized spacial score (nSPS) is 9.25. The van der Waals surface area contributed by atoms with E-state index < -0.39 is 8.68 Å². The van der Waals surface area contributed by atoms with E-state index >= 15 is 0 Å². The first-order valence-corrected chi connectivity index (χ1v) is 5.08.